The Kier molecular flexibility index (Phi) is 6.42. The van der Waals surface area contributed by atoms with E-state index in [-0.39, 0.29) is 18.4 Å². The molecule has 0 spiro atoms. The molecule has 4 N–H and O–H groups in total. The molecule has 0 saturated carbocycles. The Balaban J connectivity index is 1.25. The highest BCUT2D eigenvalue weighted by atomic mass is 19.1. The van der Waals surface area contributed by atoms with Gasteiger partial charge in [-0.25, -0.2) is 14.4 Å². The van der Waals surface area contributed by atoms with Gasteiger partial charge >= 0.3 is 0 Å². The first kappa shape index (κ1) is 24.3. The Bertz CT molecular complexity index is 1460. The third kappa shape index (κ3) is 4.56. The molecule has 3 aromatic heterocycles. The molecule has 11 nitrogen and oxygen atoms in total. The number of carbonyl (C=O) groups excluding carboxylic acids is 1. The van der Waals surface area contributed by atoms with Gasteiger partial charge in [0.15, 0.2) is 0 Å². The van der Waals surface area contributed by atoms with Crippen LogP contribution in [0.1, 0.15) is 12.8 Å². The van der Waals surface area contributed by atoms with Crippen molar-refractivity contribution in [3.8, 4) is 17.1 Å². The number of aromatic amines is 1. The lowest BCUT2D eigenvalue weighted by Gasteiger charge is -2.28. The number of amides is 1. The molecule has 5 heterocycles. The minimum absolute atomic E-state index is 0.181. The summed E-state index contributed by atoms with van der Waals surface area (Å²) < 4.78 is 21.3. The van der Waals surface area contributed by atoms with Gasteiger partial charge < -0.3 is 25.7 Å². The molecule has 2 aliphatic rings. The standard InChI is InChI=1S/C26H30FN9O2/c1-35-14-21(25(34-35)38-2)33-26-29-9-7-19(32-26)18-12-30-23-17(18)4-3-5-20(23)31-24(37)22-10-15(27)13-36(22)16-6-8-28-11-16/h3-5,7,9,12,14-16,22,28,30H,6,8,10-11,13H2,1-2H3,(H,31,37)(H,29,32,33)/t15-,16+,22?/m0/s1. The van der Waals surface area contributed by atoms with Crippen LogP contribution in [0.15, 0.2) is 42.9 Å². The molecule has 1 unspecified atom stereocenters. The maximum atomic E-state index is 14.4. The maximum Gasteiger partial charge on any atom is 0.256 e. The molecule has 2 aliphatic heterocycles. The van der Waals surface area contributed by atoms with E-state index in [0.29, 0.717) is 35.4 Å². The first-order valence-corrected chi connectivity index (χ1v) is 12.7. The molecule has 1 amide bonds. The van der Waals surface area contributed by atoms with Gasteiger partial charge in [0.25, 0.3) is 5.88 Å². The van der Waals surface area contributed by atoms with Crippen molar-refractivity contribution in [2.45, 2.75) is 31.1 Å². The molecule has 0 bridgehead atoms. The summed E-state index contributed by atoms with van der Waals surface area (Å²) in [4.78, 5) is 27.7. The van der Waals surface area contributed by atoms with Crippen LogP contribution in [0, 0.1) is 0 Å². The second kappa shape index (κ2) is 10.0. The minimum Gasteiger partial charge on any atom is -0.478 e. The molecule has 12 heteroatoms. The van der Waals surface area contributed by atoms with Gasteiger partial charge in [-0.3, -0.25) is 14.4 Å². The number of anilines is 3. The second-order valence-corrected chi connectivity index (χ2v) is 9.73. The molecular weight excluding hydrogens is 489 g/mol. The summed E-state index contributed by atoms with van der Waals surface area (Å²) in [6.45, 7) is 1.98. The lowest BCUT2D eigenvalue weighted by molar-refractivity contribution is -0.121. The highest BCUT2D eigenvalue weighted by Gasteiger charge is 2.41. The van der Waals surface area contributed by atoms with E-state index in [1.807, 2.05) is 35.4 Å². The quantitative estimate of drug-likeness (QED) is 0.294. The number of aryl methyl sites for hydroxylation is 1. The molecule has 198 valence electrons. The van der Waals surface area contributed by atoms with E-state index in [4.69, 9.17) is 4.74 Å². The number of fused-ring (bicyclic) bond motifs is 1. The average molecular weight is 520 g/mol. The fourth-order valence-corrected chi connectivity index (χ4v) is 5.47. The lowest BCUT2D eigenvalue weighted by Crippen LogP contribution is -2.46. The number of carbonyl (C=O) groups is 1. The van der Waals surface area contributed by atoms with Crippen LogP contribution >= 0.6 is 0 Å². The van der Waals surface area contributed by atoms with Crippen LogP contribution in [0.25, 0.3) is 22.2 Å². The van der Waals surface area contributed by atoms with E-state index in [1.54, 1.807) is 31.2 Å². The fraction of sp³-hybridized carbons (Fsp3) is 0.385. The summed E-state index contributed by atoms with van der Waals surface area (Å²) in [5, 5.41) is 14.7. The first-order valence-electron chi connectivity index (χ1n) is 12.7. The Labute approximate surface area is 218 Å². The molecular formula is C26H30FN9O2. The summed E-state index contributed by atoms with van der Waals surface area (Å²) in [5.41, 5.74) is 3.65. The van der Waals surface area contributed by atoms with E-state index >= 15 is 0 Å². The number of alkyl halides is 1. The van der Waals surface area contributed by atoms with Crippen molar-refractivity contribution >= 4 is 34.1 Å². The van der Waals surface area contributed by atoms with Crippen molar-refractivity contribution in [1.82, 2.24) is 34.9 Å². The Morgan fingerprint density at radius 3 is 2.97 bits per heavy atom. The number of H-pyrrole nitrogens is 1. The van der Waals surface area contributed by atoms with Crippen molar-refractivity contribution < 1.29 is 13.9 Å². The van der Waals surface area contributed by atoms with Crippen molar-refractivity contribution in [2.75, 3.05) is 37.4 Å². The molecule has 2 fully saturated rings. The number of nitrogens with one attached hydrogen (secondary N) is 4. The molecule has 2 saturated heterocycles. The highest BCUT2D eigenvalue weighted by Crippen LogP contribution is 2.33. The predicted octanol–water partition coefficient (Wildman–Crippen LogP) is 2.82. The SMILES string of the molecule is COc1nn(C)cc1Nc1nccc(-c2c[nH]c3c(NC(=O)C4C[C@H](F)CN4[C@@H]4CCNC4)cccc23)n1. The number of hydrogen-bond donors (Lipinski definition) is 4. The topological polar surface area (TPSA) is 125 Å². The van der Waals surface area contributed by atoms with Gasteiger partial charge in [0.05, 0.1) is 36.2 Å². The van der Waals surface area contributed by atoms with E-state index in [1.165, 1.54) is 0 Å². The zero-order valence-corrected chi connectivity index (χ0v) is 21.2. The van der Waals surface area contributed by atoms with Gasteiger partial charge in [-0.2, -0.15) is 0 Å². The number of nitrogens with zero attached hydrogens (tertiary/aromatic N) is 5. The van der Waals surface area contributed by atoms with Crippen molar-refractivity contribution in [3.63, 3.8) is 0 Å². The average Bonchev–Trinajstić information content (AvgIpc) is 3.70. The van der Waals surface area contributed by atoms with Crippen LogP contribution in [0.3, 0.4) is 0 Å². The fourth-order valence-electron chi connectivity index (χ4n) is 5.47. The maximum absolute atomic E-state index is 14.4. The number of rotatable bonds is 7. The second-order valence-electron chi connectivity index (χ2n) is 9.73. The van der Waals surface area contributed by atoms with E-state index in [9.17, 15) is 9.18 Å². The molecule has 0 aliphatic carbocycles. The smallest absolute Gasteiger partial charge is 0.256 e. The van der Waals surface area contributed by atoms with Gasteiger partial charge in [0.2, 0.25) is 11.9 Å². The number of likely N-dealkylation sites (tertiary alicyclic amines) is 1. The molecule has 1 aromatic carbocycles. The Morgan fingerprint density at radius 1 is 1.26 bits per heavy atom. The number of ether oxygens (including phenoxy) is 1. The monoisotopic (exact) mass is 519 g/mol. The number of benzene rings is 1. The van der Waals surface area contributed by atoms with Crippen LogP contribution in [-0.2, 0) is 11.8 Å². The van der Waals surface area contributed by atoms with Gasteiger partial charge in [-0.1, -0.05) is 12.1 Å². The molecule has 38 heavy (non-hydrogen) atoms. The largest absolute Gasteiger partial charge is 0.478 e. The van der Waals surface area contributed by atoms with E-state index in [2.05, 4.69) is 36.0 Å². The van der Waals surface area contributed by atoms with E-state index < -0.39 is 12.2 Å². The summed E-state index contributed by atoms with van der Waals surface area (Å²) in [6, 6.07) is 7.24. The minimum atomic E-state index is -0.994. The third-order valence-electron chi connectivity index (χ3n) is 7.23. The third-order valence-corrected chi connectivity index (χ3v) is 7.23. The summed E-state index contributed by atoms with van der Waals surface area (Å²) in [6.07, 6.45) is 5.47. The Hall–Kier alpha value is -4.03. The van der Waals surface area contributed by atoms with E-state index in [0.717, 1.165) is 36.0 Å². The number of aromatic nitrogens is 5. The molecule has 3 atom stereocenters. The molecule has 6 rings (SSSR count). The highest BCUT2D eigenvalue weighted by molar-refractivity contribution is 6.06. The normalized spacial score (nSPS) is 21.7. The first-order chi connectivity index (χ1) is 18.5. The van der Waals surface area contributed by atoms with Crippen molar-refractivity contribution in [3.05, 3.63) is 42.9 Å². The number of para-hydroxylation sites is 1. The molecule has 0 radical (unpaired) electrons. The van der Waals surface area contributed by atoms with Crippen molar-refractivity contribution in [2.24, 2.45) is 7.05 Å². The predicted molar refractivity (Wildman–Crippen MR) is 142 cm³/mol. The van der Waals surface area contributed by atoms with Crippen LogP contribution in [0.4, 0.5) is 21.7 Å². The van der Waals surface area contributed by atoms with Gasteiger partial charge in [-0.15, -0.1) is 5.10 Å². The van der Waals surface area contributed by atoms with Gasteiger partial charge in [0, 0.05) is 55.9 Å². The van der Waals surface area contributed by atoms with Crippen LogP contribution in [0.5, 0.6) is 5.88 Å². The zero-order valence-electron chi connectivity index (χ0n) is 21.2. The number of hydrogen-bond acceptors (Lipinski definition) is 8. The number of methoxy groups -OCH3 is 1. The van der Waals surface area contributed by atoms with Crippen molar-refractivity contribution in [1.29, 1.82) is 0 Å². The van der Waals surface area contributed by atoms with Crippen LogP contribution in [-0.4, -0.2) is 80.5 Å². The molecule has 4 aromatic rings. The van der Waals surface area contributed by atoms with Gasteiger partial charge in [0.1, 0.15) is 11.9 Å². The van der Waals surface area contributed by atoms with Crippen LogP contribution < -0.4 is 20.7 Å². The van der Waals surface area contributed by atoms with Crippen LogP contribution in [0.2, 0.25) is 0 Å². The van der Waals surface area contributed by atoms with Gasteiger partial charge in [-0.05, 0) is 25.1 Å². The summed E-state index contributed by atoms with van der Waals surface area (Å²) in [7, 11) is 3.36. The number of halogens is 1. The zero-order chi connectivity index (χ0) is 26.2. The Morgan fingerprint density at radius 2 is 2.16 bits per heavy atom. The lowest BCUT2D eigenvalue weighted by atomic mass is 10.1. The summed E-state index contributed by atoms with van der Waals surface area (Å²) in [5.74, 6) is 0.661. The summed E-state index contributed by atoms with van der Waals surface area (Å²) >= 11 is 0.